The predicted octanol–water partition coefficient (Wildman–Crippen LogP) is 6.03. The molecule has 0 aliphatic carbocycles. The van der Waals surface area contributed by atoms with Crippen LogP contribution in [-0.2, 0) is 24.2 Å². The van der Waals surface area contributed by atoms with Crippen LogP contribution < -0.4 is 9.47 Å². The van der Waals surface area contributed by atoms with Crippen LogP contribution in [0.15, 0.2) is 79.6 Å². The van der Waals surface area contributed by atoms with E-state index in [1.54, 1.807) is 0 Å². The normalized spacial score (nSPS) is 10.4. The molecule has 0 unspecified atom stereocenters. The smallest absolute Gasteiger partial charge is 0.303 e. The largest absolute Gasteiger partial charge is 0.489 e. The van der Waals surface area contributed by atoms with Crippen LogP contribution >= 0.6 is 0 Å². The summed E-state index contributed by atoms with van der Waals surface area (Å²) < 4.78 is 11.3. The number of aryl methyl sites for hydroxylation is 2. The molecular formula is C26H26O4. The maximum absolute atomic E-state index is 10.7. The quantitative estimate of drug-likeness (QED) is 0.420. The van der Waals surface area contributed by atoms with Crippen molar-refractivity contribution in [3.8, 4) is 22.6 Å². The molecule has 4 nitrogen and oxygen atoms in total. The van der Waals surface area contributed by atoms with E-state index in [1.165, 1.54) is 17.4 Å². The standard InChI is InChI=1S/C26H26O4/c1-3-21-17-24(29-4-2)13-14-25(21)22-7-5-6-20(16-22)18-30-23-11-8-19(9-12-23)10-15-26(27)28/h4-9,11-14,16-17H,2-3,10,15,18H2,1H3,(H,27,28). The summed E-state index contributed by atoms with van der Waals surface area (Å²) in [5, 5.41) is 8.78. The van der Waals surface area contributed by atoms with Gasteiger partial charge in [0.15, 0.2) is 0 Å². The van der Waals surface area contributed by atoms with Crippen LogP contribution in [0.25, 0.3) is 11.1 Å². The third-order valence-electron chi connectivity index (χ3n) is 4.87. The number of carboxylic acids is 1. The minimum atomic E-state index is -0.788. The van der Waals surface area contributed by atoms with Gasteiger partial charge in [-0.05, 0) is 71.0 Å². The van der Waals surface area contributed by atoms with Crippen LogP contribution in [0.2, 0.25) is 0 Å². The zero-order valence-corrected chi connectivity index (χ0v) is 17.1. The lowest BCUT2D eigenvalue weighted by atomic mass is 9.96. The first-order chi connectivity index (χ1) is 14.6. The second kappa shape index (κ2) is 10.3. The molecular weight excluding hydrogens is 376 g/mol. The highest BCUT2D eigenvalue weighted by Crippen LogP contribution is 2.29. The van der Waals surface area contributed by atoms with Gasteiger partial charge in [0, 0.05) is 6.42 Å². The van der Waals surface area contributed by atoms with Crippen molar-refractivity contribution in [2.75, 3.05) is 0 Å². The van der Waals surface area contributed by atoms with Crippen molar-refractivity contribution in [3.63, 3.8) is 0 Å². The van der Waals surface area contributed by atoms with Crippen LogP contribution in [-0.4, -0.2) is 11.1 Å². The molecule has 3 rings (SSSR count). The van der Waals surface area contributed by atoms with Gasteiger partial charge in [0.2, 0.25) is 0 Å². The van der Waals surface area contributed by atoms with Gasteiger partial charge in [0.25, 0.3) is 0 Å². The molecule has 0 aromatic heterocycles. The molecule has 3 aromatic rings. The summed E-state index contributed by atoms with van der Waals surface area (Å²) in [5.41, 5.74) is 5.60. The fourth-order valence-electron chi connectivity index (χ4n) is 3.31. The Kier molecular flexibility index (Phi) is 7.28. The first-order valence-electron chi connectivity index (χ1n) is 10.0. The van der Waals surface area contributed by atoms with Crippen LogP contribution in [0.5, 0.6) is 11.5 Å². The zero-order chi connectivity index (χ0) is 21.3. The Bertz CT molecular complexity index is 1010. The number of ether oxygens (including phenoxy) is 2. The van der Waals surface area contributed by atoms with Gasteiger partial charge in [0.05, 0.1) is 6.26 Å². The molecule has 0 atom stereocenters. The van der Waals surface area contributed by atoms with Gasteiger partial charge in [-0.25, -0.2) is 0 Å². The van der Waals surface area contributed by atoms with Gasteiger partial charge in [-0.2, -0.15) is 0 Å². The highest BCUT2D eigenvalue weighted by molar-refractivity contribution is 5.69. The minimum absolute atomic E-state index is 0.132. The van der Waals surface area contributed by atoms with Crippen LogP contribution in [0.4, 0.5) is 0 Å². The Hall–Kier alpha value is -3.53. The van der Waals surface area contributed by atoms with Crippen molar-refractivity contribution in [2.24, 2.45) is 0 Å². The van der Waals surface area contributed by atoms with E-state index >= 15 is 0 Å². The lowest BCUT2D eigenvalue weighted by molar-refractivity contribution is -0.136. The molecule has 0 fully saturated rings. The van der Waals surface area contributed by atoms with E-state index < -0.39 is 5.97 Å². The van der Waals surface area contributed by atoms with E-state index in [1.807, 2.05) is 48.5 Å². The van der Waals surface area contributed by atoms with Gasteiger partial charge >= 0.3 is 5.97 Å². The van der Waals surface area contributed by atoms with Gasteiger partial charge in [-0.1, -0.05) is 49.9 Å². The number of aliphatic carboxylic acids is 1. The number of carboxylic acid groups (broad SMARTS) is 1. The fraction of sp³-hybridized carbons (Fsp3) is 0.192. The van der Waals surface area contributed by atoms with E-state index in [2.05, 4.69) is 31.7 Å². The number of hydrogen-bond donors (Lipinski definition) is 1. The summed E-state index contributed by atoms with van der Waals surface area (Å²) in [7, 11) is 0. The lowest BCUT2D eigenvalue weighted by Gasteiger charge is -2.12. The van der Waals surface area contributed by atoms with E-state index in [0.29, 0.717) is 13.0 Å². The molecule has 4 heteroatoms. The van der Waals surface area contributed by atoms with E-state index in [0.717, 1.165) is 34.6 Å². The Morgan fingerprint density at radius 3 is 2.47 bits per heavy atom. The molecule has 0 saturated carbocycles. The molecule has 0 aliphatic heterocycles. The second-order valence-corrected chi connectivity index (χ2v) is 6.98. The first kappa shape index (κ1) is 21.2. The summed E-state index contributed by atoms with van der Waals surface area (Å²) in [6.45, 7) is 6.20. The van der Waals surface area contributed by atoms with E-state index in [4.69, 9.17) is 14.6 Å². The second-order valence-electron chi connectivity index (χ2n) is 6.98. The molecule has 0 saturated heterocycles. The third kappa shape index (κ3) is 5.74. The predicted molar refractivity (Wildman–Crippen MR) is 119 cm³/mol. The van der Waals surface area contributed by atoms with Gasteiger partial charge < -0.3 is 14.6 Å². The molecule has 1 N–H and O–H groups in total. The van der Waals surface area contributed by atoms with E-state index in [-0.39, 0.29) is 6.42 Å². The molecule has 0 aliphatic rings. The highest BCUT2D eigenvalue weighted by Gasteiger charge is 2.07. The van der Waals surface area contributed by atoms with Gasteiger partial charge in [-0.3, -0.25) is 4.79 Å². The molecule has 0 spiro atoms. The van der Waals surface area contributed by atoms with E-state index in [9.17, 15) is 4.79 Å². The maximum atomic E-state index is 10.7. The third-order valence-corrected chi connectivity index (χ3v) is 4.87. The number of hydrogen-bond acceptors (Lipinski definition) is 3. The number of rotatable bonds is 10. The Morgan fingerprint density at radius 2 is 1.77 bits per heavy atom. The molecule has 0 bridgehead atoms. The summed E-state index contributed by atoms with van der Waals surface area (Å²) in [5.74, 6) is 0.765. The van der Waals surface area contributed by atoms with Crippen molar-refractivity contribution in [1.29, 1.82) is 0 Å². The minimum Gasteiger partial charge on any atom is -0.489 e. The SMILES string of the molecule is C=COc1ccc(-c2cccc(COc3ccc(CCC(=O)O)cc3)c2)c(CC)c1. The molecule has 30 heavy (non-hydrogen) atoms. The molecule has 0 heterocycles. The average molecular weight is 402 g/mol. The van der Waals surface area contributed by atoms with Crippen molar-refractivity contribution in [1.82, 2.24) is 0 Å². The number of benzene rings is 3. The maximum Gasteiger partial charge on any atom is 0.303 e. The number of carbonyl (C=O) groups is 1. The van der Waals surface area contributed by atoms with Crippen LogP contribution in [0.3, 0.4) is 0 Å². The zero-order valence-electron chi connectivity index (χ0n) is 17.1. The lowest BCUT2D eigenvalue weighted by Crippen LogP contribution is -1.98. The summed E-state index contributed by atoms with van der Waals surface area (Å²) in [6.07, 6.45) is 2.99. The van der Waals surface area contributed by atoms with Gasteiger partial charge in [0.1, 0.15) is 18.1 Å². The molecule has 154 valence electrons. The fourth-order valence-corrected chi connectivity index (χ4v) is 3.31. The van der Waals surface area contributed by atoms with Gasteiger partial charge in [-0.15, -0.1) is 0 Å². The van der Waals surface area contributed by atoms with Crippen molar-refractivity contribution in [3.05, 3.63) is 96.3 Å². The Labute approximate surface area is 177 Å². The summed E-state index contributed by atoms with van der Waals surface area (Å²) >= 11 is 0. The molecule has 0 amide bonds. The Balaban J connectivity index is 1.69. The monoisotopic (exact) mass is 402 g/mol. The Morgan fingerprint density at radius 1 is 1.00 bits per heavy atom. The van der Waals surface area contributed by atoms with Crippen molar-refractivity contribution < 1.29 is 19.4 Å². The molecule has 3 aromatic carbocycles. The summed E-state index contributed by atoms with van der Waals surface area (Å²) in [4.78, 5) is 10.7. The van der Waals surface area contributed by atoms with Crippen molar-refractivity contribution in [2.45, 2.75) is 32.8 Å². The first-order valence-corrected chi connectivity index (χ1v) is 10.0. The average Bonchev–Trinajstić information content (AvgIpc) is 2.77. The van der Waals surface area contributed by atoms with Crippen LogP contribution in [0.1, 0.15) is 30.0 Å². The topological polar surface area (TPSA) is 55.8 Å². The molecule has 0 radical (unpaired) electrons. The van der Waals surface area contributed by atoms with Crippen LogP contribution in [0, 0.1) is 0 Å². The van der Waals surface area contributed by atoms with Crippen molar-refractivity contribution >= 4 is 5.97 Å². The highest BCUT2D eigenvalue weighted by atomic mass is 16.5. The summed E-state index contributed by atoms with van der Waals surface area (Å²) in [6, 6.07) is 22.0.